The molecule has 1 heterocycles. The quantitative estimate of drug-likeness (QED) is 0.653. The molecule has 2 nitrogen and oxygen atoms in total. The van der Waals surface area contributed by atoms with Crippen molar-refractivity contribution < 1.29 is 0 Å². The predicted octanol–water partition coefficient (Wildman–Crippen LogP) is 1.84. The molecule has 2 atom stereocenters. The molecular formula is C13H24N2. The number of nitrogens with zero attached hydrogens (tertiary/aromatic N) is 2. The molecule has 0 radical (unpaired) electrons. The molecule has 2 unspecified atom stereocenters. The Kier molecular flexibility index (Phi) is 3.47. The van der Waals surface area contributed by atoms with E-state index in [2.05, 4.69) is 36.9 Å². The number of rotatable bonds is 3. The van der Waals surface area contributed by atoms with Crippen molar-refractivity contribution in [2.24, 2.45) is 11.8 Å². The molecule has 0 amide bonds. The van der Waals surface area contributed by atoms with E-state index in [-0.39, 0.29) is 0 Å². The van der Waals surface area contributed by atoms with Crippen LogP contribution in [0.2, 0.25) is 0 Å². The van der Waals surface area contributed by atoms with Gasteiger partial charge in [0.2, 0.25) is 0 Å². The van der Waals surface area contributed by atoms with E-state index in [0.717, 1.165) is 11.8 Å². The molecule has 2 aliphatic rings. The number of likely N-dealkylation sites (N-methyl/N-ethyl adjacent to an activating group) is 1. The number of hydrogen-bond acceptors (Lipinski definition) is 2. The van der Waals surface area contributed by atoms with Gasteiger partial charge in [-0.25, -0.2) is 0 Å². The molecule has 0 saturated carbocycles. The number of allylic oxidation sites excluding steroid dienone is 2. The topological polar surface area (TPSA) is 6.48 Å². The van der Waals surface area contributed by atoms with Crippen molar-refractivity contribution in [3.05, 3.63) is 11.6 Å². The summed E-state index contributed by atoms with van der Waals surface area (Å²) in [4.78, 5) is 4.94. The highest BCUT2D eigenvalue weighted by molar-refractivity contribution is 5.08. The Labute approximate surface area is 93.9 Å². The molecule has 2 rings (SSSR count). The zero-order valence-electron chi connectivity index (χ0n) is 10.4. The van der Waals surface area contributed by atoms with Gasteiger partial charge in [-0.05, 0) is 45.7 Å². The van der Waals surface area contributed by atoms with E-state index in [9.17, 15) is 0 Å². The average molecular weight is 208 g/mol. The summed E-state index contributed by atoms with van der Waals surface area (Å²) in [6.45, 7) is 7.41. The SMILES string of the molecule is CC1=CCC2CN(CCN(C)C)CC2C1. The Morgan fingerprint density at radius 2 is 2.07 bits per heavy atom. The third-order valence-corrected chi connectivity index (χ3v) is 3.87. The fourth-order valence-corrected chi connectivity index (χ4v) is 2.91. The second-order valence-electron chi connectivity index (χ2n) is 5.57. The lowest BCUT2D eigenvalue weighted by molar-refractivity contribution is 0.273. The van der Waals surface area contributed by atoms with E-state index in [0.29, 0.717) is 0 Å². The van der Waals surface area contributed by atoms with Crippen molar-refractivity contribution in [2.45, 2.75) is 19.8 Å². The number of likely N-dealkylation sites (tertiary alicyclic amines) is 1. The molecule has 2 heteroatoms. The highest BCUT2D eigenvalue weighted by Crippen LogP contribution is 2.35. The Hall–Kier alpha value is -0.340. The number of hydrogen-bond donors (Lipinski definition) is 0. The normalized spacial score (nSPS) is 31.9. The van der Waals surface area contributed by atoms with E-state index < -0.39 is 0 Å². The van der Waals surface area contributed by atoms with Crippen LogP contribution in [0.1, 0.15) is 19.8 Å². The predicted molar refractivity (Wildman–Crippen MR) is 65.0 cm³/mol. The molecule has 1 aliphatic carbocycles. The minimum Gasteiger partial charge on any atom is -0.308 e. The fraction of sp³-hybridized carbons (Fsp3) is 0.846. The summed E-state index contributed by atoms with van der Waals surface area (Å²) in [6.07, 6.45) is 5.13. The standard InChI is InChI=1S/C13H24N2/c1-11-4-5-12-9-15(7-6-14(2)3)10-13(12)8-11/h4,12-13H,5-10H2,1-3H3. The van der Waals surface area contributed by atoms with E-state index in [4.69, 9.17) is 0 Å². The van der Waals surface area contributed by atoms with Gasteiger partial charge in [0.1, 0.15) is 0 Å². The van der Waals surface area contributed by atoms with Crippen molar-refractivity contribution in [2.75, 3.05) is 40.3 Å². The Morgan fingerprint density at radius 1 is 1.33 bits per heavy atom. The summed E-state index contributed by atoms with van der Waals surface area (Å²) in [5, 5.41) is 0. The maximum atomic E-state index is 2.65. The van der Waals surface area contributed by atoms with Crippen molar-refractivity contribution in [3.63, 3.8) is 0 Å². The number of fused-ring (bicyclic) bond motifs is 1. The first kappa shape index (κ1) is 11.2. The van der Waals surface area contributed by atoms with Crippen LogP contribution in [0.3, 0.4) is 0 Å². The second kappa shape index (κ2) is 4.67. The van der Waals surface area contributed by atoms with Crippen LogP contribution in [0.25, 0.3) is 0 Å². The van der Waals surface area contributed by atoms with E-state index in [1.54, 1.807) is 5.57 Å². The second-order valence-corrected chi connectivity index (χ2v) is 5.57. The third-order valence-electron chi connectivity index (χ3n) is 3.87. The van der Waals surface area contributed by atoms with Gasteiger partial charge in [-0.1, -0.05) is 11.6 Å². The highest BCUT2D eigenvalue weighted by atomic mass is 15.2. The van der Waals surface area contributed by atoms with Gasteiger partial charge >= 0.3 is 0 Å². The summed E-state index contributed by atoms with van der Waals surface area (Å²) in [5.41, 5.74) is 1.62. The smallest absolute Gasteiger partial charge is 0.0109 e. The van der Waals surface area contributed by atoms with E-state index >= 15 is 0 Å². The van der Waals surface area contributed by atoms with Gasteiger partial charge in [-0.2, -0.15) is 0 Å². The van der Waals surface area contributed by atoms with Gasteiger partial charge in [0.25, 0.3) is 0 Å². The Bertz CT molecular complexity index is 245. The Morgan fingerprint density at radius 3 is 2.80 bits per heavy atom. The first-order valence-electron chi connectivity index (χ1n) is 6.18. The molecule has 86 valence electrons. The molecule has 1 aliphatic heterocycles. The monoisotopic (exact) mass is 208 g/mol. The first-order valence-corrected chi connectivity index (χ1v) is 6.18. The van der Waals surface area contributed by atoms with Crippen molar-refractivity contribution in [3.8, 4) is 0 Å². The van der Waals surface area contributed by atoms with Crippen LogP contribution in [0.15, 0.2) is 11.6 Å². The fourth-order valence-electron chi connectivity index (χ4n) is 2.91. The van der Waals surface area contributed by atoms with Gasteiger partial charge in [0, 0.05) is 26.2 Å². The molecule has 1 fully saturated rings. The maximum Gasteiger partial charge on any atom is 0.0109 e. The lowest BCUT2D eigenvalue weighted by Gasteiger charge is -2.22. The van der Waals surface area contributed by atoms with Crippen LogP contribution in [0.5, 0.6) is 0 Å². The van der Waals surface area contributed by atoms with Crippen molar-refractivity contribution in [1.82, 2.24) is 9.80 Å². The van der Waals surface area contributed by atoms with E-state index in [1.807, 2.05) is 0 Å². The van der Waals surface area contributed by atoms with Crippen LogP contribution in [0.4, 0.5) is 0 Å². The van der Waals surface area contributed by atoms with Crippen LogP contribution in [0, 0.1) is 11.8 Å². The molecule has 0 aromatic rings. The zero-order valence-corrected chi connectivity index (χ0v) is 10.4. The first-order chi connectivity index (χ1) is 7.15. The summed E-state index contributed by atoms with van der Waals surface area (Å²) >= 11 is 0. The minimum atomic E-state index is 0.955. The minimum absolute atomic E-state index is 0.955. The van der Waals surface area contributed by atoms with Gasteiger partial charge in [0.05, 0.1) is 0 Å². The lowest BCUT2D eigenvalue weighted by Crippen LogP contribution is -2.30. The summed E-state index contributed by atoms with van der Waals surface area (Å²) in [5.74, 6) is 1.91. The van der Waals surface area contributed by atoms with Crippen LogP contribution in [-0.2, 0) is 0 Å². The molecular weight excluding hydrogens is 184 g/mol. The molecule has 0 bridgehead atoms. The van der Waals surface area contributed by atoms with Gasteiger partial charge in [-0.3, -0.25) is 0 Å². The largest absolute Gasteiger partial charge is 0.308 e. The molecule has 0 aromatic carbocycles. The van der Waals surface area contributed by atoms with Gasteiger partial charge in [-0.15, -0.1) is 0 Å². The molecule has 0 aromatic heterocycles. The Balaban J connectivity index is 1.81. The summed E-state index contributed by atoms with van der Waals surface area (Å²) < 4.78 is 0. The molecule has 0 spiro atoms. The molecule has 15 heavy (non-hydrogen) atoms. The van der Waals surface area contributed by atoms with Crippen LogP contribution >= 0.6 is 0 Å². The highest BCUT2D eigenvalue weighted by Gasteiger charge is 2.33. The van der Waals surface area contributed by atoms with Crippen molar-refractivity contribution >= 4 is 0 Å². The van der Waals surface area contributed by atoms with Gasteiger partial charge < -0.3 is 9.80 Å². The molecule has 1 saturated heterocycles. The van der Waals surface area contributed by atoms with Gasteiger partial charge in [0.15, 0.2) is 0 Å². The lowest BCUT2D eigenvalue weighted by atomic mass is 9.83. The zero-order chi connectivity index (χ0) is 10.8. The van der Waals surface area contributed by atoms with E-state index in [1.165, 1.54) is 39.0 Å². The van der Waals surface area contributed by atoms with Crippen molar-refractivity contribution in [1.29, 1.82) is 0 Å². The summed E-state index contributed by atoms with van der Waals surface area (Å²) in [7, 11) is 4.32. The van der Waals surface area contributed by atoms with Crippen LogP contribution < -0.4 is 0 Å². The summed E-state index contributed by atoms with van der Waals surface area (Å²) in [6, 6.07) is 0. The molecule has 0 N–H and O–H groups in total. The van der Waals surface area contributed by atoms with Crippen LogP contribution in [-0.4, -0.2) is 50.1 Å². The third kappa shape index (κ3) is 2.82. The average Bonchev–Trinajstić information content (AvgIpc) is 2.56. The maximum absolute atomic E-state index is 2.65.